The van der Waals surface area contributed by atoms with Crippen molar-refractivity contribution in [2.24, 2.45) is 5.92 Å². The summed E-state index contributed by atoms with van der Waals surface area (Å²) in [7, 11) is 0. The fourth-order valence-electron chi connectivity index (χ4n) is 1.97. The molecule has 1 unspecified atom stereocenters. The van der Waals surface area contributed by atoms with Gasteiger partial charge in [0.15, 0.2) is 0 Å². The molecule has 16 heavy (non-hydrogen) atoms. The minimum Gasteiger partial charge on any atom is -0.457 e. The summed E-state index contributed by atoms with van der Waals surface area (Å²) >= 11 is 2.35. The molecule has 1 fully saturated rings. The second-order valence-electron chi connectivity index (χ2n) is 4.31. The van der Waals surface area contributed by atoms with Crippen molar-refractivity contribution in [1.29, 1.82) is 5.26 Å². The fourth-order valence-corrected chi connectivity index (χ4v) is 3.12. The first-order valence-corrected chi connectivity index (χ1v) is 6.45. The summed E-state index contributed by atoms with van der Waals surface area (Å²) in [5, 5.41) is 12.1. The summed E-state index contributed by atoms with van der Waals surface area (Å²) in [6, 6.07) is 8.09. The van der Waals surface area contributed by atoms with E-state index in [0.29, 0.717) is 12.3 Å². The van der Waals surface area contributed by atoms with Gasteiger partial charge >= 0.3 is 0 Å². The molecule has 0 saturated heterocycles. The minimum absolute atomic E-state index is 0.259. The van der Waals surface area contributed by atoms with Gasteiger partial charge in [-0.25, -0.2) is 0 Å². The molecule has 1 N–H and O–H groups in total. The predicted octanol–water partition coefficient (Wildman–Crippen LogP) is 3.06. The summed E-state index contributed by atoms with van der Waals surface area (Å²) < 4.78 is 5.69. The molecule has 1 aliphatic heterocycles. The van der Waals surface area contributed by atoms with Crippen molar-refractivity contribution < 1.29 is 4.74 Å². The second kappa shape index (κ2) is 3.52. The highest BCUT2D eigenvalue weighted by atomic mass is 127. The van der Waals surface area contributed by atoms with Gasteiger partial charge in [-0.15, -0.1) is 0 Å². The molecule has 4 heteroatoms. The van der Waals surface area contributed by atoms with E-state index in [9.17, 15) is 0 Å². The number of alkyl halides is 1. The van der Waals surface area contributed by atoms with Gasteiger partial charge in [0.25, 0.3) is 0 Å². The Balaban J connectivity index is 1.89. The minimum atomic E-state index is -0.259. The normalized spacial score (nSPS) is 26.5. The summed E-state index contributed by atoms with van der Waals surface area (Å²) in [5.74, 6) is 1.52. The third kappa shape index (κ3) is 1.63. The van der Waals surface area contributed by atoms with E-state index in [4.69, 9.17) is 10.00 Å². The molecular weight excluding hydrogens is 315 g/mol. The lowest BCUT2D eigenvalue weighted by molar-refractivity contribution is 0.211. The lowest BCUT2D eigenvalue weighted by Gasteiger charge is -2.21. The van der Waals surface area contributed by atoms with Crippen LogP contribution in [-0.4, -0.2) is 3.73 Å². The van der Waals surface area contributed by atoms with Crippen LogP contribution in [0.3, 0.4) is 0 Å². The van der Waals surface area contributed by atoms with E-state index in [1.54, 1.807) is 0 Å². The highest BCUT2D eigenvalue weighted by molar-refractivity contribution is 14.1. The Labute approximate surface area is 108 Å². The van der Waals surface area contributed by atoms with E-state index in [0.717, 1.165) is 17.0 Å². The largest absolute Gasteiger partial charge is 0.457 e. The Morgan fingerprint density at radius 2 is 2.38 bits per heavy atom. The Morgan fingerprint density at radius 3 is 3.06 bits per heavy atom. The topological polar surface area (TPSA) is 45.0 Å². The van der Waals surface area contributed by atoms with Crippen LogP contribution in [0.1, 0.15) is 18.4 Å². The SMILES string of the molecule is N#CCc1ccc2c(c1)NC(I)(C1CC1)O2. The van der Waals surface area contributed by atoms with E-state index in [1.807, 2.05) is 18.2 Å². The Bertz CT molecular complexity index is 478. The molecule has 1 heterocycles. The number of nitriles is 1. The number of nitrogens with one attached hydrogen (secondary N) is 1. The number of rotatable bonds is 2. The Kier molecular flexibility index (Phi) is 2.25. The van der Waals surface area contributed by atoms with Crippen LogP contribution >= 0.6 is 22.6 Å². The molecule has 1 aromatic carbocycles. The van der Waals surface area contributed by atoms with Crippen LogP contribution in [0.5, 0.6) is 5.75 Å². The fraction of sp³-hybridized carbons (Fsp3) is 0.417. The molecule has 3 rings (SSSR count). The van der Waals surface area contributed by atoms with Gasteiger partial charge in [-0.05, 0) is 53.1 Å². The van der Waals surface area contributed by atoms with E-state index in [-0.39, 0.29) is 3.73 Å². The number of fused-ring (bicyclic) bond motifs is 1. The number of hydrogen-bond donors (Lipinski definition) is 1. The number of benzene rings is 1. The second-order valence-corrected chi connectivity index (χ2v) is 5.91. The van der Waals surface area contributed by atoms with Crippen LogP contribution in [0.2, 0.25) is 0 Å². The smallest absolute Gasteiger partial charge is 0.235 e. The molecule has 0 aromatic heterocycles. The number of anilines is 1. The molecule has 0 radical (unpaired) electrons. The maximum Gasteiger partial charge on any atom is 0.235 e. The molecular formula is C12H11IN2O. The molecule has 1 saturated carbocycles. The summed E-state index contributed by atoms with van der Waals surface area (Å²) in [6.45, 7) is 0. The van der Waals surface area contributed by atoms with Crippen LogP contribution in [-0.2, 0) is 6.42 Å². The number of nitrogens with zero attached hydrogens (tertiary/aromatic N) is 1. The van der Waals surface area contributed by atoms with E-state index in [1.165, 1.54) is 12.8 Å². The van der Waals surface area contributed by atoms with Crippen LogP contribution in [0, 0.1) is 17.2 Å². The van der Waals surface area contributed by atoms with Gasteiger partial charge < -0.3 is 10.1 Å². The van der Waals surface area contributed by atoms with Gasteiger partial charge in [0.05, 0.1) is 18.2 Å². The van der Waals surface area contributed by atoms with Gasteiger partial charge in [0, 0.05) is 5.92 Å². The lowest BCUT2D eigenvalue weighted by Crippen LogP contribution is -2.34. The predicted molar refractivity (Wildman–Crippen MR) is 69.5 cm³/mol. The maximum absolute atomic E-state index is 8.67. The molecule has 1 aliphatic carbocycles. The van der Waals surface area contributed by atoms with Crippen LogP contribution in [0.25, 0.3) is 0 Å². The third-order valence-corrected chi connectivity index (χ3v) is 4.36. The van der Waals surface area contributed by atoms with Crippen molar-refractivity contribution in [1.82, 2.24) is 0 Å². The monoisotopic (exact) mass is 326 g/mol. The van der Waals surface area contributed by atoms with Gasteiger partial charge in [0.1, 0.15) is 5.75 Å². The van der Waals surface area contributed by atoms with Gasteiger partial charge in [-0.2, -0.15) is 5.26 Å². The van der Waals surface area contributed by atoms with Gasteiger partial charge in [-0.3, -0.25) is 0 Å². The molecule has 1 aromatic rings. The quantitative estimate of drug-likeness (QED) is 0.516. The first-order valence-electron chi connectivity index (χ1n) is 5.37. The van der Waals surface area contributed by atoms with Crippen molar-refractivity contribution >= 4 is 28.3 Å². The standard InChI is InChI=1S/C12H11IN2O/c13-12(9-2-3-9)15-10-7-8(5-6-14)1-4-11(10)16-12/h1,4,7,9,15H,2-3,5H2. The van der Waals surface area contributed by atoms with E-state index < -0.39 is 0 Å². The van der Waals surface area contributed by atoms with E-state index >= 15 is 0 Å². The Hall–Kier alpha value is -0.960. The number of ether oxygens (including phenoxy) is 1. The van der Waals surface area contributed by atoms with Crippen molar-refractivity contribution in [3.8, 4) is 11.8 Å². The van der Waals surface area contributed by atoms with Crippen molar-refractivity contribution in [2.75, 3.05) is 5.32 Å². The molecule has 0 bridgehead atoms. The average Bonchev–Trinajstić information content (AvgIpc) is 3.03. The van der Waals surface area contributed by atoms with Gasteiger partial charge in [-0.1, -0.05) is 6.07 Å². The van der Waals surface area contributed by atoms with Gasteiger partial charge in [0.2, 0.25) is 3.73 Å². The van der Waals surface area contributed by atoms with E-state index in [2.05, 4.69) is 34.0 Å². The molecule has 1 atom stereocenters. The number of hydrogen-bond acceptors (Lipinski definition) is 3. The lowest BCUT2D eigenvalue weighted by atomic mass is 10.1. The number of halogens is 1. The zero-order valence-electron chi connectivity index (χ0n) is 8.66. The first-order chi connectivity index (χ1) is 7.71. The highest BCUT2D eigenvalue weighted by Crippen LogP contribution is 2.52. The van der Waals surface area contributed by atoms with Crippen LogP contribution < -0.4 is 10.1 Å². The average molecular weight is 326 g/mol. The van der Waals surface area contributed by atoms with Crippen LogP contribution in [0.15, 0.2) is 18.2 Å². The third-order valence-electron chi connectivity index (χ3n) is 2.99. The first kappa shape index (κ1) is 10.2. The van der Waals surface area contributed by atoms with Crippen LogP contribution in [0.4, 0.5) is 5.69 Å². The summed E-state index contributed by atoms with van der Waals surface area (Å²) in [6.07, 6.45) is 2.91. The zero-order valence-corrected chi connectivity index (χ0v) is 10.8. The summed E-state index contributed by atoms with van der Waals surface area (Å²) in [4.78, 5) is 0. The zero-order chi connectivity index (χ0) is 11.2. The van der Waals surface area contributed by atoms with Crippen molar-refractivity contribution in [3.63, 3.8) is 0 Å². The highest BCUT2D eigenvalue weighted by Gasteiger charge is 2.49. The maximum atomic E-state index is 8.67. The molecule has 0 amide bonds. The van der Waals surface area contributed by atoms with Crippen molar-refractivity contribution in [3.05, 3.63) is 23.8 Å². The Morgan fingerprint density at radius 1 is 1.56 bits per heavy atom. The van der Waals surface area contributed by atoms with Crippen molar-refractivity contribution in [2.45, 2.75) is 23.0 Å². The molecule has 82 valence electrons. The molecule has 2 aliphatic rings. The molecule has 0 spiro atoms. The summed E-state index contributed by atoms with van der Waals surface area (Å²) in [5.41, 5.74) is 2.06. The molecule has 3 nitrogen and oxygen atoms in total.